The lowest BCUT2D eigenvalue weighted by molar-refractivity contribution is -0.136. The van der Waals surface area contributed by atoms with Gasteiger partial charge in [0.25, 0.3) is 0 Å². The monoisotopic (exact) mass is 344 g/mol. The van der Waals surface area contributed by atoms with Gasteiger partial charge in [-0.3, -0.25) is 14.5 Å². The van der Waals surface area contributed by atoms with Crippen molar-refractivity contribution in [2.75, 3.05) is 13.6 Å². The smallest absolute Gasteiger partial charge is 0.246 e. The second-order valence-electron chi connectivity index (χ2n) is 7.52. The number of benzene rings is 1. The molecule has 0 bridgehead atoms. The van der Waals surface area contributed by atoms with Crippen LogP contribution in [0, 0.1) is 5.92 Å². The summed E-state index contributed by atoms with van der Waals surface area (Å²) in [5.41, 5.74) is -0.172. The van der Waals surface area contributed by atoms with Crippen molar-refractivity contribution in [1.29, 1.82) is 0 Å². The lowest BCUT2D eigenvalue weighted by Crippen LogP contribution is -2.51. The first-order valence-electron chi connectivity index (χ1n) is 9.26. The van der Waals surface area contributed by atoms with E-state index in [4.69, 9.17) is 0 Å². The van der Waals surface area contributed by atoms with E-state index in [1.54, 1.807) is 36.2 Å². The Morgan fingerprint density at radius 2 is 1.76 bits per heavy atom. The predicted octanol–water partition coefficient (Wildman–Crippen LogP) is 2.65. The van der Waals surface area contributed by atoms with Gasteiger partial charge < -0.3 is 5.11 Å². The highest BCUT2D eigenvalue weighted by Gasteiger charge is 2.56. The van der Waals surface area contributed by atoms with Crippen molar-refractivity contribution >= 4 is 11.7 Å². The minimum absolute atomic E-state index is 0.0866. The summed E-state index contributed by atoms with van der Waals surface area (Å²) in [6, 6.07) is 8.94. The minimum atomic E-state index is -1.05. The van der Waals surface area contributed by atoms with Crippen LogP contribution in [0.5, 0.6) is 0 Å². The van der Waals surface area contributed by atoms with Gasteiger partial charge in [0.2, 0.25) is 5.91 Å². The number of aliphatic hydroxyl groups is 1. The third kappa shape index (κ3) is 3.23. The predicted molar refractivity (Wildman–Crippen MR) is 95.9 cm³/mol. The highest BCUT2D eigenvalue weighted by atomic mass is 16.3. The molecule has 2 aliphatic rings. The van der Waals surface area contributed by atoms with Gasteiger partial charge in [-0.25, -0.2) is 4.90 Å². The highest BCUT2D eigenvalue weighted by molar-refractivity contribution is 6.00. The topological polar surface area (TPSA) is 60.9 Å². The summed E-state index contributed by atoms with van der Waals surface area (Å²) in [6.45, 7) is 1.85. The zero-order valence-corrected chi connectivity index (χ0v) is 15.1. The molecule has 1 saturated carbocycles. The molecule has 1 aromatic rings. The summed E-state index contributed by atoms with van der Waals surface area (Å²) in [5, 5.41) is 10.6. The third-order valence-corrected chi connectivity index (χ3v) is 6.11. The number of aliphatic hydroxyl groups excluding tert-OH is 1. The van der Waals surface area contributed by atoms with Gasteiger partial charge >= 0.3 is 0 Å². The molecule has 5 nitrogen and oxygen atoms in total. The van der Waals surface area contributed by atoms with E-state index in [-0.39, 0.29) is 24.2 Å². The van der Waals surface area contributed by atoms with Gasteiger partial charge in [-0.1, -0.05) is 56.0 Å². The van der Waals surface area contributed by atoms with Crippen LogP contribution in [0.25, 0.3) is 0 Å². The molecule has 1 saturated heterocycles. The van der Waals surface area contributed by atoms with Crippen LogP contribution in [0.15, 0.2) is 30.3 Å². The summed E-state index contributed by atoms with van der Waals surface area (Å²) in [7, 11) is 1.79. The van der Waals surface area contributed by atoms with Gasteiger partial charge in [0.15, 0.2) is 12.1 Å². The largest absolute Gasteiger partial charge is 0.361 e. The van der Waals surface area contributed by atoms with Crippen molar-refractivity contribution < 1.29 is 14.7 Å². The second kappa shape index (κ2) is 7.26. The second-order valence-corrected chi connectivity index (χ2v) is 7.52. The third-order valence-electron chi connectivity index (χ3n) is 6.11. The molecule has 1 aliphatic carbocycles. The molecule has 1 N–H and O–H groups in total. The molecule has 2 fully saturated rings. The fourth-order valence-corrected chi connectivity index (χ4v) is 4.32. The molecule has 3 rings (SSSR count). The van der Waals surface area contributed by atoms with Crippen molar-refractivity contribution in [1.82, 2.24) is 9.80 Å². The van der Waals surface area contributed by atoms with Crippen molar-refractivity contribution in [2.24, 2.45) is 5.92 Å². The standard InChI is InChI=1S/C20H28N2O3/c1-20(16-12-8-3-4-9-13-16)18(24)22(19(25)21(20)2)14-17(23)15-10-6-5-7-11-15/h5-7,10-11,16,19,25H,3-4,8-9,12-14H2,1-2H3. The molecule has 1 aromatic carbocycles. The lowest BCUT2D eigenvalue weighted by Gasteiger charge is -2.37. The first kappa shape index (κ1) is 18.1. The normalized spacial score (nSPS) is 29.0. The Kier molecular flexibility index (Phi) is 5.25. The van der Waals surface area contributed by atoms with Crippen LogP contribution in [-0.4, -0.2) is 52.1 Å². The lowest BCUT2D eigenvalue weighted by atomic mass is 9.79. The number of amides is 1. The van der Waals surface area contributed by atoms with E-state index in [0.717, 1.165) is 25.7 Å². The zero-order valence-electron chi connectivity index (χ0n) is 15.1. The molecule has 2 unspecified atom stereocenters. The summed E-state index contributed by atoms with van der Waals surface area (Å²) in [4.78, 5) is 28.8. The summed E-state index contributed by atoms with van der Waals surface area (Å²) in [6.07, 6.45) is 5.63. The van der Waals surface area contributed by atoms with Crippen molar-refractivity contribution in [3.8, 4) is 0 Å². The van der Waals surface area contributed by atoms with Gasteiger partial charge in [-0.2, -0.15) is 0 Å². The molecular weight excluding hydrogens is 316 g/mol. The van der Waals surface area contributed by atoms with Crippen LogP contribution in [0.1, 0.15) is 55.8 Å². The van der Waals surface area contributed by atoms with Crippen LogP contribution < -0.4 is 0 Å². The Hall–Kier alpha value is -1.72. The van der Waals surface area contributed by atoms with E-state index < -0.39 is 11.9 Å². The van der Waals surface area contributed by atoms with Crippen LogP contribution in [0.2, 0.25) is 0 Å². The van der Waals surface area contributed by atoms with Gasteiger partial charge in [-0.15, -0.1) is 0 Å². The maximum atomic E-state index is 13.2. The number of likely N-dealkylation sites (N-methyl/N-ethyl adjacent to an activating group) is 1. The molecule has 25 heavy (non-hydrogen) atoms. The molecule has 1 aliphatic heterocycles. The van der Waals surface area contributed by atoms with Crippen molar-refractivity contribution in [3.05, 3.63) is 35.9 Å². The molecule has 136 valence electrons. The molecule has 5 heteroatoms. The average molecular weight is 344 g/mol. The van der Waals surface area contributed by atoms with Gasteiger partial charge in [0.1, 0.15) is 5.54 Å². The molecule has 1 heterocycles. The Morgan fingerprint density at radius 3 is 2.36 bits per heavy atom. The Bertz CT molecular complexity index is 625. The molecule has 0 spiro atoms. The van der Waals surface area contributed by atoms with Gasteiger partial charge in [0.05, 0.1) is 6.54 Å². The molecule has 2 atom stereocenters. The fraction of sp³-hybridized carbons (Fsp3) is 0.600. The van der Waals surface area contributed by atoms with Crippen LogP contribution in [-0.2, 0) is 4.79 Å². The number of carbonyl (C=O) groups is 2. The minimum Gasteiger partial charge on any atom is -0.361 e. The number of Topliss-reactive ketones (excluding diaryl/α,β-unsaturated/α-hetero) is 1. The van der Waals surface area contributed by atoms with E-state index in [1.807, 2.05) is 13.0 Å². The highest BCUT2D eigenvalue weighted by Crippen LogP contribution is 2.41. The van der Waals surface area contributed by atoms with Gasteiger partial charge in [0, 0.05) is 5.56 Å². The number of hydrogen-bond donors (Lipinski definition) is 1. The molecule has 0 aromatic heterocycles. The van der Waals surface area contributed by atoms with Crippen LogP contribution in [0.4, 0.5) is 0 Å². The van der Waals surface area contributed by atoms with Crippen molar-refractivity contribution in [2.45, 2.75) is 57.3 Å². The van der Waals surface area contributed by atoms with Crippen LogP contribution >= 0.6 is 0 Å². The number of nitrogens with zero attached hydrogens (tertiary/aromatic N) is 2. The SMILES string of the molecule is CN1C(O)N(CC(=O)c2ccccc2)C(=O)C1(C)C1CCCCCC1. The fourth-order valence-electron chi connectivity index (χ4n) is 4.32. The summed E-state index contributed by atoms with van der Waals surface area (Å²) in [5.74, 6) is -0.0517. The van der Waals surface area contributed by atoms with E-state index in [0.29, 0.717) is 5.56 Å². The van der Waals surface area contributed by atoms with E-state index in [1.165, 1.54) is 17.7 Å². The maximum absolute atomic E-state index is 13.2. The molecular formula is C20H28N2O3. The van der Waals surface area contributed by atoms with Crippen molar-refractivity contribution in [3.63, 3.8) is 0 Å². The molecule has 1 amide bonds. The Labute approximate surface area is 149 Å². The zero-order chi connectivity index (χ0) is 18.0. The quantitative estimate of drug-likeness (QED) is 0.674. The Morgan fingerprint density at radius 1 is 1.16 bits per heavy atom. The summed E-state index contributed by atoms with van der Waals surface area (Å²) >= 11 is 0. The maximum Gasteiger partial charge on any atom is 0.246 e. The van der Waals surface area contributed by atoms with Gasteiger partial charge in [-0.05, 0) is 32.7 Å². The van der Waals surface area contributed by atoms with E-state index >= 15 is 0 Å². The number of ketones is 1. The number of hydrogen-bond acceptors (Lipinski definition) is 4. The Balaban J connectivity index is 1.80. The van der Waals surface area contributed by atoms with Crippen LogP contribution in [0.3, 0.4) is 0 Å². The first-order chi connectivity index (χ1) is 12.0. The van der Waals surface area contributed by atoms with E-state index in [2.05, 4.69) is 0 Å². The summed E-state index contributed by atoms with van der Waals surface area (Å²) < 4.78 is 0. The first-order valence-corrected chi connectivity index (χ1v) is 9.26. The molecule has 0 radical (unpaired) electrons. The average Bonchev–Trinajstić information content (AvgIpc) is 2.87. The number of carbonyl (C=O) groups excluding carboxylic acids is 2. The van der Waals surface area contributed by atoms with E-state index in [9.17, 15) is 14.7 Å². The number of rotatable bonds is 4.